The van der Waals surface area contributed by atoms with E-state index in [9.17, 15) is 9.90 Å². The summed E-state index contributed by atoms with van der Waals surface area (Å²) in [6, 6.07) is 9.32. The van der Waals surface area contributed by atoms with Gasteiger partial charge < -0.3 is 14.8 Å². The quantitative estimate of drug-likeness (QED) is 0.825. The van der Waals surface area contributed by atoms with Gasteiger partial charge in [-0.15, -0.1) is 0 Å². The number of hydrogen-bond donors (Lipinski definition) is 0. The molecule has 0 aliphatic carbocycles. The number of benzene rings is 1. The maximum Gasteiger partial charge on any atom is 0.137 e. The van der Waals surface area contributed by atoms with Crippen LogP contribution in [0.3, 0.4) is 0 Å². The van der Waals surface area contributed by atoms with Crippen LogP contribution in [0.2, 0.25) is 0 Å². The number of hydrogen-bond acceptors (Lipinski definition) is 2. The molecule has 0 saturated carbocycles. The van der Waals surface area contributed by atoms with E-state index in [4.69, 9.17) is 0 Å². The first-order valence-electron chi connectivity index (χ1n) is 6.29. The SMILES string of the molecule is CC(c1ccccc1)N(C(=O)[O-])C(C)C(C)(C)C. The van der Waals surface area contributed by atoms with Gasteiger partial charge in [0.05, 0.1) is 6.04 Å². The van der Waals surface area contributed by atoms with Crippen LogP contribution < -0.4 is 5.11 Å². The lowest BCUT2D eigenvalue weighted by molar-refractivity contribution is -0.272. The molecule has 1 amide bonds. The molecule has 0 aromatic heterocycles. The largest absolute Gasteiger partial charge is 0.530 e. The molecule has 2 unspecified atom stereocenters. The Morgan fingerprint density at radius 3 is 2.06 bits per heavy atom. The van der Waals surface area contributed by atoms with Crippen molar-refractivity contribution in [3.05, 3.63) is 35.9 Å². The van der Waals surface area contributed by atoms with Crippen LogP contribution in [-0.2, 0) is 0 Å². The van der Waals surface area contributed by atoms with Gasteiger partial charge in [-0.2, -0.15) is 0 Å². The average Bonchev–Trinajstić information content (AvgIpc) is 2.28. The second kappa shape index (κ2) is 5.42. The van der Waals surface area contributed by atoms with E-state index in [-0.39, 0.29) is 17.5 Å². The highest BCUT2D eigenvalue weighted by Gasteiger charge is 2.30. The number of carboxylic acid groups (broad SMARTS) is 1. The van der Waals surface area contributed by atoms with Crippen LogP contribution in [0.5, 0.6) is 0 Å². The Kier molecular flexibility index (Phi) is 4.38. The molecule has 0 saturated heterocycles. The van der Waals surface area contributed by atoms with Crippen LogP contribution in [-0.4, -0.2) is 17.0 Å². The van der Waals surface area contributed by atoms with Gasteiger partial charge in [0.25, 0.3) is 0 Å². The fourth-order valence-electron chi connectivity index (χ4n) is 1.96. The molecule has 3 heteroatoms. The Labute approximate surface area is 109 Å². The van der Waals surface area contributed by atoms with Crippen molar-refractivity contribution in [2.24, 2.45) is 5.41 Å². The van der Waals surface area contributed by atoms with Crippen molar-refractivity contribution in [1.29, 1.82) is 0 Å². The van der Waals surface area contributed by atoms with Crippen LogP contribution in [0.1, 0.15) is 46.2 Å². The molecule has 18 heavy (non-hydrogen) atoms. The first-order valence-corrected chi connectivity index (χ1v) is 6.29. The molecule has 1 aromatic carbocycles. The fraction of sp³-hybridized carbons (Fsp3) is 0.533. The third-order valence-corrected chi connectivity index (χ3v) is 3.58. The summed E-state index contributed by atoms with van der Waals surface area (Å²) in [5.41, 5.74) is 0.862. The van der Waals surface area contributed by atoms with Crippen LogP contribution in [0.15, 0.2) is 30.3 Å². The molecule has 100 valence electrons. The van der Waals surface area contributed by atoms with Crippen LogP contribution in [0, 0.1) is 5.41 Å². The molecule has 0 aliphatic heterocycles. The second-order valence-corrected chi connectivity index (χ2v) is 5.80. The Bertz CT molecular complexity index is 395. The molecule has 0 spiro atoms. The number of carbonyl (C=O) groups excluding carboxylic acids is 1. The molecule has 2 atom stereocenters. The summed E-state index contributed by atoms with van der Waals surface area (Å²) in [6.45, 7) is 9.92. The summed E-state index contributed by atoms with van der Waals surface area (Å²) in [7, 11) is 0. The van der Waals surface area contributed by atoms with E-state index < -0.39 is 6.09 Å². The van der Waals surface area contributed by atoms with E-state index in [2.05, 4.69) is 0 Å². The van der Waals surface area contributed by atoms with E-state index in [1.54, 1.807) is 0 Å². The van der Waals surface area contributed by atoms with E-state index in [1.807, 2.05) is 65.0 Å². The smallest absolute Gasteiger partial charge is 0.137 e. The topological polar surface area (TPSA) is 43.4 Å². The van der Waals surface area contributed by atoms with Gasteiger partial charge >= 0.3 is 0 Å². The number of nitrogens with zero attached hydrogens (tertiary/aromatic N) is 1. The Morgan fingerprint density at radius 2 is 1.67 bits per heavy atom. The molecule has 0 fully saturated rings. The second-order valence-electron chi connectivity index (χ2n) is 5.80. The minimum atomic E-state index is -1.12. The molecular weight excluding hydrogens is 226 g/mol. The van der Waals surface area contributed by atoms with Crippen LogP contribution >= 0.6 is 0 Å². The van der Waals surface area contributed by atoms with Gasteiger partial charge in [-0.25, -0.2) is 0 Å². The van der Waals surface area contributed by atoms with Crippen molar-refractivity contribution >= 4 is 6.09 Å². The highest BCUT2D eigenvalue weighted by Crippen LogP contribution is 2.30. The van der Waals surface area contributed by atoms with Gasteiger partial charge in [0.2, 0.25) is 0 Å². The van der Waals surface area contributed by atoms with Crippen molar-refractivity contribution in [2.75, 3.05) is 0 Å². The minimum Gasteiger partial charge on any atom is -0.530 e. The lowest BCUT2D eigenvalue weighted by Gasteiger charge is -2.43. The lowest BCUT2D eigenvalue weighted by atomic mass is 9.86. The molecule has 0 N–H and O–H groups in total. The van der Waals surface area contributed by atoms with Gasteiger partial charge in [0.1, 0.15) is 6.09 Å². The summed E-state index contributed by atoms with van der Waals surface area (Å²) >= 11 is 0. The van der Waals surface area contributed by atoms with Crippen LogP contribution in [0.4, 0.5) is 4.79 Å². The maximum absolute atomic E-state index is 11.4. The predicted octanol–water partition coefficient (Wildman–Crippen LogP) is 2.83. The zero-order valence-electron chi connectivity index (χ0n) is 11.8. The monoisotopic (exact) mass is 248 g/mol. The van der Waals surface area contributed by atoms with E-state index >= 15 is 0 Å². The lowest BCUT2D eigenvalue weighted by Crippen LogP contribution is -2.51. The van der Waals surface area contributed by atoms with Crippen LogP contribution in [0.25, 0.3) is 0 Å². The first-order chi connectivity index (χ1) is 8.25. The molecule has 3 nitrogen and oxygen atoms in total. The summed E-state index contributed by atoms with van der Waals surface area (Å²) in [6.07, 6.45) is -1.12. The van der Waals surface area contributed by atoms with Gasteiger partial charge in [-0.05, 0) is 24.8 Å². The summed E-state index contributed by atoms with van der Waals surface area (Å²) in [4.78, 5) is 12.8. The number of rotatable bonds is 3. The standard InChI is InChI=1S/C15H23NO2/c1-11(13-9-7-6-8-10-13)16(14(17)18)12(2)15(3,4)5/h6-12H,1-5H3,(H,17,18)/p-1. The van der Waals surface area contributed by atoms with Crippen molar-refractivity contribution < 1.29 is 9.90 Å². The Balaban J connectivity index is 3.04. The highest BCUT2D eigenvalue weighted by molar-refractivity contribution is 5.64. The molecule has 0 bridgehead atoms. The maximum atomic E-state index is 11.4. The molecule has 1 rings (SSSR count). The highest BCUT2D eigenvalue weighted by atomic mass is 16.4. The van der Waals surface area contributed by atoms with Crippen molar-refractivity contribution in [1.82, 2.24) is 4.90 Å². The Morgan fingerprint density at radius 1 is 1.17 bits per heavy atom. The van der Waals surface area contributed by atoms with Gasteiger partial charge in [-0.1, -0.05) is 51.1 Å². The first kappa shape index (κ1) is 14.6. The normalized spacial score (nSPS) is 14.9. The third kappa shape index (κ3) is 3.25. The van der Waals surface area contributed by atoms with Gasteiger partial charge in [-0.3, -0.25) is 0 Å². The summed E-state index contributed by atoms with van der Waals surface area (Å²) in [5.74, 6) is 0. The third-order valence-electron chi connectivity index (χ3n) is 3.58. The molecular formula is C15H22NO2-. The molecule has 1 aromatic rings. The molecule has 0 radical (unpaired) electrons. The Hall–Kier alpha value is -1.51. The zero-order chi connectivity index (χ0) is 13.9. The van der Waals surface area contributed by atoms with E-state index in [0.717, 1.165) is 5.56 Å². The zero-order valence-corrected chi connectivity index (χ0v) is 11.8. The fourth-order valence-corrected chi connectivity index (χ4v) is 1.96. The summed E-state index contributed by atoms with van der Waals surface area (Å²) in [5, 5.41) is 11.4. The molecule has 0 aliphatic rings. The van der Waals surface area contributed by atoms with Crippen molar-refractivity contribution in [3.8, 4) is 0 Å². The van der Waals surface area contributed by atoms with Gasteiger partial charge in [0, 0.05) is 6.04 Å². The minimum absolute atomic E-state index is 0.113. The predicted molar refractivity (Wildman–Crippen MR) is 71.0 cm³/mol. The van der Waals surface area contributed by atoms with E-state index in [0.29, 0.717) is 0 Å². The van der Waals surface area contributed by atoms with E-state index in [1.165, 1.54) is 4.90 Å². The number of amides is 1. The molecule has 0 heterocycles. The van der Waals surface area contributed by atoms with Crippen molar-refractivity contribution in [3.63, 3.8) is 0 Å². The summed E-state index contributed by atoms with van der Waals surface area (Å²) < 4.78 is 0. The average molecular weight is 248 g/mol. The number of carbonyl (C=O) groups is 1. The van der Waals surface area contributed by atoms with Crippen molar-refractivity contribution in [2.45, 2.75) is 46.7 Å². The van der Waals surface area contributed by atoms with Gasteiger partial charge in [0.15, 0.2) is 0 Å².